The molecule has 2 aromatic carbocycles. The number of nitrogens with one attached hydrogen (secondary N) is 1. The van der Waals surface area contributed by atoms with Gasteiger partial charge >= 0.3 is 0 Å². The Labute approximate surface area is 163 Å². The Balaban J connectivity index is 1.98. The van der Waals surface area contributed by atoms with E-state index >= 15 is 0 Å². The van der Waals surface area contributed by atoms with Crippen LogP contribution in [0.3, 0.4) is 0 Å². The van der Waals surface area contributed by atoms with Crippen molar-refractivity contribution in [2.24, 2.45) is 11.5 Å². The molecule has 0 bridgehead atoms. The van der Waals surface area contributed by atoms with Crippen LogP contribution in [0.5, 0.6) is 0 Å². The van der Waals surface area contributed by atoms with E-state index in [4.69, 9.17) is 28.5 Å². The summed E-state index contributed by atoms with van der Waals surface area (Å²) in [6.45, 7) is 3.82. The number of nitrogen functional groups attached to an aromatic ring is 1. The number of aryl methyl sites for hydroxylation is 1. The number of hydrogen-bond donors (Lipinski definition) is 3. The Morgan fingerprint density at radius 2 is 1.74 bits per heavy atom. The number of nitrogens with two attached hydrogens (primary N) is 2. The zero-order chi connectivity index (χ0) is 19.7. The lowest BCUT2D eigenvalue weighted by Crippen LogP contribution is -2.12. The first-order chi connectivity index (χ1) is 12.8. The average molecular weight is 381 g/mol. The first kappa shape index (κ1) is 18.7. The zero-order valence-electron chi connectivity index (χ0n) is 15.2. The van der Waals surface area contributed by atoms with Gasteiger partial charge in [0.2, 0.25) is 0 Å². The molecule has 5 nitrogen and oxygen atoms in total. The van der Waals surface area contributed by atoms with Crippen molar-refractivity contribution < 1.29 is 4.79 Å². The fourth-order valence-corrected chi connectivity index (χ4v) is 3.45. The van der Waals surface area contributed by atoms with Gasteiger partial charge in [0.15, 0.2) is 0 Å². The number of amidine groups is 1. The van der Waals surface area contributed by atoms with Crippen molar-refractivity contribution >= 4 is 23.3 Å². The van der Waals surface area contributed by atoms with E-state index in [2.05, 4.69) is 0 Å². The lowest BCUT2D eigenvalue weighted by molar-refractivity contribution is 0.0999. The fourth-order valence-electron chi connectivity index (χ4n) is 3.27. The lowest BCUT2D eigenvalue weighted by atomic mass is 10.0. The molecule has 3 aromatic rings. The molecule has 0 radical (unpaired) electrons. The first-order valence-electron chi connectivity index (χ1n) is 8.49. The molecule has 0 aliphatic rings. The van der Waals surface area contributed by atoms with Crippen LogP contribution >= 0.6 is 11.6 Å². The van der Waals surface area contributed by atoms with E-state index in [-0.39, 0.29) is 5.84 Å². The van der Waals surface area contributed by atoms with Gasteiger partial charge in [0.1, 0.15) is 5.84 Å². The number of aromatic nitrogens is 1. The average Bonchev–Trinajstić information content (AvgIpc) is 2.92. The smallest absolute Gasteiger partial charge is 0.250 e. The van der Waals surface area contributed by atoms with Crippen LogP contribution in [0.25, 0.3) is 5.69 Å². The topological polar surface area (TPSA) is 97.9 Å². The van der Waals surface area contributed by atoms with Crippen molar-refractivity contribution in [2.45, 2.75) is 20.3 Å². The summed E-state index contributed by atoms with van der Waals surface area (Å²) in [4.78, 5) is 11.6. The zero-order valence-corrected chi connectivity index (χ0v) is 16.0. The number of benzene rings is 2. The normalized spacial score (nSPS) is 10.8. The number of carbonyl (C=O) groups excluding carboxylic acids is 1. The highest BCUT2D eigenvalue weighted by atomic mass is 35.5. The van der Waals surface area contributed by atoms with Crippen LogP contribution < -0.4 is 11.5 Å². The van der Waals surface area contributed by atoms with Crippen LogP contribution in [-0.4, -0.2) is 16.3 Å². The third-order valence-corrected chi connectivity index (χ3v) is 5.01. The van der Waals surface area contributed by atoms with Crippen molar-refractivity contribution in [3.8, 4) is 5.69 Å². The van der Waals surface area contributed by atoms with Gasteiger partial charge in [0, 0.05) is 27.7 Å². The fraction of sp³-hybridized carbons (Fsp3) is 0.143. The van der Waals surface area contributed by atoms with Gasteiger partial charge in [0.05, 0.1) is 5.56 Å². The number of carbonyl (C=O) groups is 1. The Bertz CT molecular complexity index is 1040. The Kier molecular flexibility index (Phi) is 5.06. The SMILES string of the molecule is Cc1cc(C(N)=O)c(C)n1-c1ccc(Cl)c(Cc2ccc(C(=N)N)cc2)c1. The van der Waals surface area contributed by atoms with Gasteiger partial charge in [-0.3, -0.25) is 10.2 Å². The summed E-state index contributed by atoms with van der Waals surface area (Å²) in [7, 11) is 0. The molecule has 3 rings (SSSR count). The number of amides is 1. The number of hydrogen-bond acceptors (Lipinski definition) is 2. The molecule has 5 N–H and O–H groups in total. The standard InChI is InChI=1S/C21H21ClN4O/c1-12-9-18(21(25)27)13(2)26(12)17-7-8-19(22)16(11-17)10-14-3-5-15(6-4-14)20(23)24/h3-9,11H,10H2,1-2H3,(H3,23,24)(H2,25,27). The van der Waals surface area contributed by atoms with Gasteiger partial charge in [-0.1, -0.05) is 35.9 Å². The Morgan fingerprint density at radius 3 is 2.30 bits per heavy atom. The summed E-state index contributed by atoms with van der Waals surface area (Å²) in [5.41, 5.74) is 16.9. The highest BCUT2D eigenvalue weighted by molar-refractivity contribution is 6.31. The molecular formula is C21H21ClN4O. The molecule has 1 aromatic heterocycles. The molecule has 138 valence electrons. The second-order valence-corrected chi connectivity index (χ2v) is 6.95. The maximum absolute atomic E-state index is 11.6. The number of halogens is 1. The summed E-state index contributed by atoms with van der Waals surface area (Å²) in [5.74, 6) is -0.389. The molecule has 0 saturated heterocycles. The predicted octanol–water partition coefficient (Wildman–Crippen LogP) is 3.72. The van der Waals surface area contributed by atoms with Crippen molar-refractivity contribution in [3.63, 3.8) is 0 Å². The summed E-state index contributed by atoms with van der Waals surface area (Å²) in [6.07, 6.45) is 0.646. The van der Waals surface area contributed by atoms with Crippen LogP contribution in [0.1, 0.15) is 38.4 Å². The van der Waals surface area contributed by atoms with Gasteiger partial charge in [-0.05, 0) is 55.7 Å². The lowest BCUT2D eigenvalue weighted by Gasteiger charge is -2.13. The third-order valence-electron chi connectivity index (χ3n) is 4.64. The molecule has 0 aliphatic heterocycles. The minimum atomic E-state index is -0.436. The van der Waals surface area contributed by atoms with Crippen molar-refractivity contribution in [1.29, 1.82) is 5.41 Å². The molecule has 0 atom stereocenters. The monoisotopic (exact) mass is 380 g/mol. The predicted molar refractivity (Wildman–Crippen MR) is 109 cm³/mol. The second kappa shape index (κ2) is 7.29. The van der Waals surface area contributed by atoms with Gasteiger partial charge < -0.3 is 16.0 Å². The molecule has 0 unspecified atom stereocenters. The number of nitrogens with zero attached hydrogens (tertiary/aromatic N) is 1. The van der Waals surface area contributed by atoms with Crippen molar-refractivity contribution in [3.05, 3.63) is 87.2 Å². The molecule has 27 heavy (non-hydrogen) atoms. The highest BCUT2D eigenvalue weighted by Gasteiger charge is 2.15. The number of primary amides is 1. The largest absolute Gasteiger partial charge is 0.384 e. The van der Waals surface area contributed by atoms with Gasteiger partial charge in [-0.15, -0.1) is 0 Å². The molecule has 0 aliphatic carbocycles. The first-order valence-corrected chi connectivity index (χ1v) is 8.86. The van der Waals surface area contributed by atoms with Gasteiger partial charge in [-0.25, -0.2) is 0 Å². The molecule has 6 heteroatoms. The molecule has 1 amide bonds. The summed E-state index contributed by atoms with van der Waals surface area (Å²) >= 11 is 6.41. The highest BCUT2D eigenvalue weighted by Crippen LogP contribution is 2.26. The van der Waals surface area contributed by atoms with Crippen LogP contribution in [0.4, 0.5) is 0 Å². The molecular weight excluding hydrogens is 360 g/mol. The van der Waals surface area contributed by atoms with Crippen LogP contribution in [-0.2, 0) is 6.42 Å². The molecule has 0 saturated carbocycles. The van der Waals surface area contributed by atoms with E-state index in [0.717, 1.165) is 28.2 Å². The molecule has 1 heterocycles. The van der Waals surface area contributed by atoms with E-state index in [1.165, 1.54) is 0 Å². The van der Waals surface area contributed by atoms with Crippen molar-refractivity contribution in [2.75, 3.05) is 0 Å². The summed E-state index contributed by atoms with van der Waals surface area (Å²) in [5, 5.41) is 8.15. The minimum Gasteiger partial charge on any atom is -0.384 e. The van der Waals surface area contributed by atoms with Gasteiger partial charge in [-0.2, -0.15) is 0 Å². The molecule has 0 fully saturated rings. The van der Waals surface area contributed by atoms with Crippen LogP contribution in [0.15, 0.2) is 48.5 Å². The van der Waals surface area contributed by atoms with E-state index in [9.17, 15) is 4.79 Å². The minimum absolute atomic E-state index is 0.0467. The maximum atomic E-state index is 11.6. The van der Waals surface area contributed by atoms with Crippen LogP contribution in [0.2, 0.25) is 5.02 Å². The quantitative estimate of drug-likeness (QED) is 0.464. The van der Waals surface area contributed by atoms with E-state index in [1.54, 1.807) is 6.07 Å². The molecule has 0 spiro atoms. The maximum Gasteiger partial charge on any atom is 0.250 e. The van der Waals surface area contributed by atoms with E-state index in [1.807, 2.05) is 60.9 Å². The van der Waals surface area contributed by atoms with Crippen LogP contribution in [0, 0.1) is 19.3 Å². The number of rotatable bonds is 5. The van der Waals surface area contributed by atoms with E-state index in [0.29, 0.717) is 22.6 Å². The van der Waals surface area contributed by atoms with Crippen molar-refractivity contribution in [1.82, 2.24) is 4.57 Å². The Morgan fingerprint density at radius 1 is 1.07 bits per heavy atom. The summed E-state index contributed by atoms with van der Waals surface area (Å²) in [6, 6.07) is 15.1. The van der Waals surface area contributed by atoms with E-state index < -0.39 is 5.91 Å². The third kappa shape index (κ3) is 3.73. The second-order valence-electron chi connectivity index (χ2n) is 6.55. The summed E-state index contributed by atoms with van der Waals surface area (Å²) < 4.78 is 2.00. The Hall–Kier alpha value is -3.05. The van der Waals surface area contributed by atoms with Gasteiger partial charge in [0.25, 0.3) is 5.91 Å².